The summed E-state index contributed by atoms with van der Waals surface area (Å²) in [5.41, 5.74) is -0.836. The van der Waals surface area contributed by atoms with Gasteiger partial charge in [0.05, 0.1) is 10.6 Å². The fourth-order valence-corrected chi connectivity index (χ4v) is 1.89. The number of anilines is 1. The van der Waals surface area contributed by atoms with Crippen molar-refractivity contribution in [1.29, 1.82) is 0 Å². The fourth-order valence-electron chi connectivity index (χ4n) is 1.67. The molecule has 3 nitrogen and oxygen atoms in total. The van der Waals surface area contributed by atoms with E-state index >= 15 is 0 Å². The third kappa shape index (κ3) is 3.01. The Morgan fingerprint density at radius 2 is 2.24 bits per heavy atom. The molecule has 17 heavy (non-hydrogen) atoms. The van der Waals surface area contributed by atoms with Gasteiger partial charge >= 0.3 is 6.18 Å². The first-order valence-corrected chi connectivity index (χ1v) is 5.54. The summed E-state index contributed by atoms with van der Waals surface area (Å²) < 4.78 is 37.1. The third-order valence-corrected chi connectivity index (χ3v) is 2.86. The Hall–Kier alpha value is -1.01. The van der Waals surface area contributed by atoms with E-state index in [1.54, 1.807) is 0 Å². The maximum atomic E-state index is 12.4. The maximum Gasteiger partial charge on any atom is 0.417 e. The highest BCUT2D eigenvalue weighted by molar-refractivity contribution is 6.33. The highest BCUT2D eigenvalue weighted by Crippen LogP contribution is 2.32. The van der Waals surface area contributed by atoms with E-state index in [-0.39, 0.29) is 11.1 Å². The van der Waals surface area contributed by atoms with Crippen LogP contribution in [0.1, 0.15) is 12.0 Å². The van der Waals surface area contributed by atoms with Gasteiger partial charge in [0.1, 0.15) is 5.82 Å². The molecule has 1 aromatic heterocycles. The topological polar surface area (TPSA) is 37.0 Å². The van der Waals surface area contributed by atoms with Gasteiger partial charge in [0.15, 0.2) is 0 Å². The quantitative estimate of drug-likeness (QED) is 0.863. The van der Waals surface area contributed by atoms with Crippen LogP contribution < -0.4 is 10.6 Å². The Labute approximate surface area is 101 Å². The van der Waals surface area contributed by atoms with E-state index in [1.165, 1.54) is 0 Å². The number of halogens is 4. The predicted octanol–water partition coefficient (Wildman–Crippen LogP) is 2.53. The Bertz CT molecular complexity index is 402. The summed E-state index contributed by atoms with van der Waals surface area (Å²) in [4.78, 5) is 3.72. The molecule has 1 aliphatic rings. The van der Waals surface area contributed by atoms with Crippen LogP contribution in [0.15, 0.2) is 12.3 Å². The van der Waals surface area contributed by atoms with Gasteiger partial charge in [-0.1, -0.05) is 11.6 Å². The van der Waals surface area contributed by atoms with Crippen molar-refractivity contribution in [2.75, 3.05) is 18.4 Å². The van der Waals surface area contributed by atoms with Gasteiger partial charge in [-0.3, -0.25) is 0 Å². The fraction of sp³-hybridized carbons (Fsp3) is 0.500. The minimum atomic E-state index is -4.41. The molecule has 1 unspecified atom stereocenters. The largest absolute Gasteiger partial charge is 0.417 e. The van der Waals surface area contributed by atoms with E-state index in [0.29, 0.717) is 5.82 Å². The van der Waals surface area contributed by atoms with Crippen molar-refractivity contribution in [3.8, 4) is 0 Å². The average Bonchev–Trinajstić information content (AvgIpc) is 2.72. The van der Waals surface area contributed by atoms with E-state index in [1.807, 2.05) is 0 Å². The molecule has 0 spiro atoms. The Morgan fingerprint density at radius 3 is 2.76 bits per heavy atom. The molecule has 2 N–H and O–H groups in total. The summed E-state index contributed by atoms with van der Waals surface area (Å²) in [7, 11) is 0. The van der Waals surface area contributed by atoms with Gasteiger partial charge in [0.25, 0.3) is 0 Å². The molecule has 0 aromatic carbocycles. The summed E-state index contributed by atoms with van der Waals surface area (Å²) >= 11 is 5.77. The van der Waals surface area contributed by atoms with Crippen LogP contribution in [0.3, 0.4) is 0 Å². The van der Waals surface area contributed by atoms with E-state index in [0.717, 1.165) is 31.8 Å². The van der Waals surface area contributed by atoms with Crippen molar-refractivity contribution in [3.63, 3.8) is 0 Å². The lowest BCUT2D eigenvalue weighted by molar-refractivity contribution is -0.137. The molecule has 1 aliphatic heterocycles. The van der Waals surface area contributed by atoms with Gasteiger partial charge in [-0.25, -0.2) is 4.98 Å². The molecule has 1 aromatic rings. The number of rotatable bonds is 2. The van der Waals surface area contributed by atoms with Crippen LogP contribution in [-0.4, -0.2) is 24.1 Å². The lowest BCUT2D eigenvalue weighted by Crippen LogP contribution is -2.23. The standard InChI is InChI=1S/C10H11ClF3N3/c11-8-3-6(10(12,13)14)4-16-9(8)17-7-1-2-15-5-7/h3-4,7,15H,1-2,5H2,(H,16,17). The Kier molecular flexibility index (Phi) is 3.44. The second kappa shape index (κ2) is 4.70. The summed E-state index contributed by atoms with van der Waals surface area (Å²) in [5.74, 6) is 0.299. The van der Waals surface area contributed by atoms with Crippen molar-refractivity contribution < 1.29 is 13.2 Å². The van der Waals surface area contributed by atoms with Gasteiger partial charge in [0, 0.05) is 18.8 Å². The van der Waals surface area contributed by atoms with Crippen molar-refractivity contribution in [1.82, 2.24) is 10.3 Å². The van der Waals surface area contributed by atoms with Gasteiger partial charge in [-0.05, 0) is 19.0 Å². The van der Waals surface area contributed by atoms with E-state index in [9.17, 15) is 13.2 Å². The first kappa shape index (κ1) is 12.4. The molecule has 0 bridgehead atoms. The van der Waals surface area contributed by atoms with Gasteiger partial charge in [-0.2, -0.15) is 13.2 Å². The minimum absolute atomic E-state index is 0.00766. The van der Waals surface area contributed by atoms with Crippen LogP contribution in [0.25, 0.3) is 0 Å². The molecular weight excluding hydrogens is 255 g/mol. The van der Waals surface area contributed by atoms with E-state index in [2.05, 4.69) is 15.6 Å². The zero-order chi connectivity index (χ0) is 12.5. The number of nitrogens with zero attached hydrogens (tertiary/aromatic N) is 1. The molecule has 2 rings (SSSR count). The van der Waals surface area contributed by atoms with Crippen molar-refractivity contribution in [2.24, 2.45) is 0 Å². The number of aromatic nitrogens is 1. The number of pyridine rings is 1. The second-order valence-electron chi connectivity index (χ2n) is 3.89. The molecule has 0 radical (unpaired) electrons. The third-order valence-electron chi connectivity index (χ3n) is 2.57. The highest BCUT2D eigenvalue weighted by atomic mass is 35.5. The Morgan fingerprint density at radius 1 is 1.47 bits per heavy atom. The summed E-state index contributed by atoms with van der Waals surface area (Å²) in [6, 6.07) is 1.05. The van der Waals surface area contributed by atoms with Crippen molar-refractivity contribution in [3.05, 3.63) is 22.8 Å². The van der Waals surface area contributed by atoms with Crippen molar-refractivity contribution >= 4 is 17.4 Å². The molecular formula is C10H11ClF3N3. The molecule has 1 fully saturated rings. The first-order chi connectivity index (χ1) is 7.97. The lowest BCUT2D eigenvalue weighted by Gasteiger charge is -2.14. The zero-order valence-electron chi connectivity index (χ0n) is 8.81. The second-order valence-corrected chi connectivity index (χ2v) is 4.29. The van der Waals surface area contributed by atoms with Crippen LogP contribution in [0, 0.1) is 0 Å². The molecule has 0 saturated carbocycles. The molecule has 2 heterocycles. The van der Waals surface area contributed by atoms with E-state index < -0.39 is 11.7 Å². The number of hydrogen-bond donors (Lipinski definition) is 2. The zero-order valence-corrected chi connectivity index (χ0v) is 9.57. The molecule has 94 valence electrons. The van der Waals surface area contributed by atoms with Crippen molar-refractivity contribution in [2.45, 2.75) is 18.6 Å². The maximum absolute atomic E-state index is 12.4. The predicted molar refractivity (Wildman–Crippen MR) is 59.1 cm³/mol. The highest BCUT2D eigenvalue weighted by Gasteiger charge is 2.31. The Balaban J connectivity index is 2.14. The number of alkyl halides is 3. The number of hydrogen-bond acceptors (Lipinski definition) is 3. The van der Waals surface area contributed by atoms with Crippen LogP contribution in [-0.2, 0) is 6.18 Å². The van der Waals surface area contributed by atoms with Gasteiger partial charge in [-0.15, -0.1) is 0 Å². The normalized spacial score (nSPS) is 20.6. The molecule has 0 amide bonds. The summed E-state index contributed by atoms with van der Waals surface area (Å²) in [6.07, 6.45) is -2.72. The minimum Gasteiger partial charge on any atom is -0.365 e. The molecule has 0 aliphatic carbocycles. The smallest absolute Gasteiger partial charge is 0.365 e. The molecule has 1 saturated heterocycles. The van der Waals surface area contributed by atoms with E-state index in [4.69, 9.17) is 11.6 Å². The van der Waals surface area contributed by atoms with Gasteiger partial charge in [0.2, 0.25) is 0 Å². The summed E-state index contributed by atoms with van der Waals surface area (Å²) in [6.45, 7) is 1.65. The van der Waals surface area contributed by atoms with Crippen LogP contribution in [0.2, 0.25) is 5.02 Å². The number of nitrogens with one attached hydrogen (secondary N) is 2. The average molecular weight is 266 g/mol. The van der Waals surface area contributed by atoms with Crippen LogP contribution in [0.4, 0.5) is 19.0 Å². The van der Waals surface area contributed by atoms with Crippen LogP contribution in [0.5, 0.6) is 0 Å². The monoisotopic (exact) mass is 265 g/mol. The van der Waals surface area contributed by atoms with Crippen LogP contribution >= 0.6 is 11.6 Å². The molecule has 7 heteroatoms. The first-order valence-electron chi connectivity index (χ1n) is 5.17. The summed E-state index contributed by atoms with van der Waals surface area (Å²) in [5, 5.41) is 6.14. The SMILES string of the molecule is FC(F)(F)c1cnc(NC2CCNC2)c(Cl)c1. The lowest BCUT2D eigenvalue weighted by atomic mass is 10.2. The molecule has 1 atom stereocenters. The van der Waals surface area contributed by atoms with Gasteiger partial charge < -0.3 is 10.6 Å².